The number of aromatic nitrogens is 2. The van der Waals surface area contributed by atoms with Gasteiger partial charge in [-0.25, -0.2) is 9.29 Å². The van der Waals surface area contributed by atoms with E-state index in [0.29, 0.717) is 24.8 Å². The van der Waals surface area contributed by atoms with Crippen LogP contribution in [0.3, 0.4) is 0 Å². The van der Waals surface area contributed by atoms with Gasteiger partial charge in [0.1, 0.15) is 17.7 Å². The molecular weight excluding hydrogens is 477 g/mol. The van der Waals surface area contributed by atoms with E-state index in [-0.39, 0.29) is 6.10 Å². The molecule has 0 aliphatic carbocycles. The Morgan fingerprint density at radius 1 is 1.14 bits per heavy atom. The van der Waals surface area contributed by atoms with E-state index in [2.05, 4.69) is 28.0 Å². The van der Waals surface area contributed by atoms with E-state index < -0.39 is 21.4 Å². The number of hydrogen-bond acceptors (Lipinski definition) is 5. The molecule has 10 heteroatoms. The van der Waals surface area contributed by atoms with Crippen molar-refractivity contribution in [2.24, 2.45) is 5.92 Å². The predicted octanol–water partition coefficient (Wildman–Crippen LogP) is 4.07. The monoisotopic (exact) mass is 506 g/mol. The third-order valence-electron chi connectivity index (χ3n) is 7.16. The summed E-state index contributed by atoms with van der Waals surface area (Å²) < 4.78 is 58.7. The fraction of sp³-hybridized carbons (Fsp3) is 0.480. The van der Waals surface area contributed by atoms with Crippen molar-refractivity contribution in [1.29, 1.82) is 0 Å². The summed E-state index contributed by atoms with van der Waals surface area (Å²) >= 11 is 0. The van der Waals surface area contributed by atoms with Crippen molar-refractivity contribution in [1.82, 2.24) is 14.3 Å². The molecule has 2 atom stereocenters. The van der Waals surface area contributed by atoms with Gasteiger partial charge in [0.05, 0.1) is 17.5 Å². The van der Waals surface area contributed by atoms with Gasteiger partial charge >= 0.3 is 6.18 Å². The Labute approximate surface area is 204 Å². The molecule has 0 N–H and O–H groups in total. The van der Waals surface area contributed by atoms with Crippen molar-refractivity contribution >= 4 is 27.0 Å². The second-order valence-electron chi connectivity index (χ2n) is 9.59. The molecule has 3 aliphatic heterocycles. The molecule has 188 valence electrons. The molecule has 0 amide bonds. The number of fused-ring (bicyclic) bond motifs is 1. The van der Waals surface area contributed by atoms with Crippen LogP contribution < -0.4 is 9.64 Å². The molecule has 6 nitrogen and oxygen atoms in total. The van der Waals surface area contributed by atoms with Crippen molar-refractivity contribution in [2.45, 2.75) is 38.0 Å². The number of ether oxygens (including phenoxy) is 1. The average Bonchev–Trinajstić information content (AvgIpc) is 3.27. The number of halogens is 3. The Balaban J connectivity index is 1.18. The first-order valence-electron chi connectivity index (χ1n) is 11.8. The van der Waals surface area contributed by atoms with Crippen molar-refractivity contribution in [3.05, 3.63) is 53.5 Å². The van der Waals surface area contributed by atoms with Gasteiger partial charge in [0.15, 0.2) is 0 Å². The SMILES string of the molecule is C=S(C)(=O)N1CC=C(c2cc3c(cn2)O[C@@H](C2CCN(c4ccc(C(F)(F)F)cn4)CC2)C3)CC1. The van der Waals surface area contributed by atoms with Crippen LogP contribution in [0.5, 0.6) is 5.75 Å². The Morgan fingerprint density at radius 2 is 1.91 bits per heavy atom. The van der Waals surface area contributed by atoms with Crippen molar-refractivity contribution in [3.8, 4) is 5.75 Å². The molecule has 5 rings (SSSR count). The highest BCUT2D eigenvalue weighted by Gasteiger charge is 2.34. The predicted molar refractivity (Wildman–Crippen MR) is 132 cm³/mol. The molecule has 1 fully saturated rings. The van der Waals surface area contributed by atoms with Crippen LogP contribution in [0.25, 0.3) is 5.57 Å². The molecule has 0 spiro atoms. The number of alkyl halides is 3. The normalized spacial score (nSPS) is 23.4. The number of rotatable bonds is 4. The maximum Gasteiger partial charge on any atom is 0.417 e. The standard InChI is InChI=1S/C25H29F3N4O2S/c1-35(2,33)32-11-7-17(8-12-32)21-13-19-14-22(34-23(19)16-29-21)18-5-9-31(10-6-18)24-4-3-20(15-30-24)25(26,27)28/h3-4,7,13,15-16,18,22H,1,5-6,8-12,14H2,2H3/t22-,35?/m1/s1. The quantitative estimate of drug-likeness (QED) is 0.586. The number of pyridine rings is 2. The smallest absolute Gasteiger partial charge is 0.417 e. The summed E-state index contributed by atoms with van der Waals surface area (Å²) in [6.45, 7) is 2.78. The van der Waals surface area contributed by atoms with E-state index >= 15 is 0 Å². The topological polar surface area (TPSA) is 58.6 Å². The molecule has 0 radical (unpaired) electrons. The number of nitrogens with zero attached hydrogens (tertiary/aromatic N) is 4. The molecule has 1 saturated heterocycles. The van der Waals surface area contributed by atoms with Crippen LogP contribution in [0.2, 0.25) is 0 Å². The van der Waals surface area contributed by atoms with Crippen LogP contribution in [0.1, 0.15) is 36.1 Å². The Hall–Kier alpha value is -2.59. The Kier molecular flexibility index (Phi) is 6.29. The van der Waals surface area contributed by atoms with E-state index in [1.54, 1.807) is 6.26 Å². The summed E-state index contributed by atoms with van der Waals surface area (Å²) in [5, 5.41) is 0. The maximum atomic E-state index is 12.8. The summed E-state index contributed by atoms with van der Waals surface area (Å²) in [5.74, 6) is 5.55. The van der Waals surface area contributed by atoms with Crippen LogP contribution >= 0.6 is 0 Å². The lowest BCUT2D eigenvalue weighted by Crippen LogP contribution is -2.39. The van der Waals surface area contributed by atoms with Crippen molar-refractivity contribution in [3.63, 3.8) is 0 Å². The van der Waals surface area contributed by atoms with Gasteiger partial charge in [-0.15, -0.1) is 0 Å². The molecule has 35 heavy (non-hydrogen) atoms. The van der Waals surface area contributed by atoms with Gasteiger partial charge in [-0.05, 0) is 54.8 Å². The Morgan fingerprint density at radius 3 is 2.51 bits per heavy atom. The first-order chi connectivity index (χ1) is 16.6. The second kappa shape index (κ2) is 9.13. The van der Waals surface area contributed by atoms with Gasteiger partial charge in [0.2, 0.25) is 0 Å². The van der Waals surface area contributed by atoms with E-state index in [1.807, 2.05) is 15.4 Å². The van der Waals surface area contributed by atoms with Gasteiger partial charge in [-0.3, -0.25) is 9.19 Å². The molecule has 0 bridgehead atoms. The third-order valence-corrected chi connectivity index (χ3v) is 8.58. The molecule has 2 aromatic rings. The maximum absolute atomic E-state index is 12.8. The highest BCUT2D eigenvalue weighted by Crippen LogP contribution is 2.37. The minimum Gasteiger partial charge on any atom is -0.488 e. The highest BCUT2D eigenvalue weighted by atomic mass is 32.2. The highest BCUT2D eigenvalue weighted by molar-refractivity contribution is 7.97. The van der Waals surface area contributed by atoms with Crippen LogP contribution in [-0.4, -0.2) is 62.9 Å². The lowest BCUT2D eigenvalue weighted by molar-refractivity contribution is -0.137. The third kappa shape index (κ3) is 5.18. The number of piperidine rings is 1. The zero-order valence-corrected chi connectivity index (χ0v) is 20.4. The fourth-order valence-corrected chi connectivity index (χ4v) is 5.95. The molecule has 5 heterocycles. The van der Waals surface area contributed by atoms with Crippen LogP contribution in [0.15, 0.2) is 36.7 Å². The molecule has 1 unspecified atom stereocenters. The molecule has 3 aliphatic rings. The molecule has 0 aromatic carbocycles. The second-order valence-corrected chi connectivity index (χ2v) is 12.0. The van der Waals surface area contributed by atoms with E-state index in [0.717, 1.165) is 73.6 Å². The minimum atomic E-state index is -4.37. The van der Waals surface area contributed by atoms with Crippen LogP contribution in [-0.2, 0) is 22.3 Å². The van der Waals surface area contributed by atoms with Gasteiger partial charge in [0, 0.05) is 60.3 Å². The fourth-order valence-electron chi connectivity index (χ4n) is 5.09. The van der Waals surface area contributed by atoms with Gasteiger partial charge < -0.3 is 9.64 Å². The lowest BCUT2D eigenvalue weighted by atomic mass is 9.89. The van der Waals surface area contributed by atoms with Crippen LogP contribution in [0, 0.1) is 5.92 Å². The largest absolute Gasteiger partial charge is 0.488 e. The van der Waals surface area contributed by atoms with Gasteiger partial charge in [0.25, 0.3) is 0 Å². The van der Waals surface area contributed by atoms with E-state index in [1.165, 1.54) is 6.07 Å². The average molecular weight is 507 g/mol. The van der Waals surface area contributed by atoms with E-state index in [4.69, 9.17) is 4.74 Å². The Bertz CT molecular complexity index is 1220. The molecule has 0 saturated carbocycles. The zero-order valence-electron chi connectivity index (χ0n) is 19.6. The summed E-state index contributed by atoms with van der Waals surface area (Å²) in [6.07, 6.45) is 5.58. The first kappa shape index (κ1) is 24.1. The zero-order chi connectivity index (χ0) is 24.8. The van der Waals surface area contributed by atoms with Crippen molar-refractivity contribution < 1.29 is 22.1 Å². The first-order valence-corrected chi connectivity index (χ1v) is 13.9. The van der Waals surface area contributed by atoms with Crippen LogP contribution in [0.4, 0.5) is 19.0 Å². The van der Waals surface area contributed by atoms with E-state index in [9.17, 15) is 17.4 Å². The number of hydrogen-bond donors (Lipinski definition) is 0. The summed E-state index contributed by atoms with van der Waals surface area (Å²) in [6, 6.07) is 4.66. The lowest BCUT2D eigenvalue weighted by Gasteiger charge is -2.35. The summed E-state index contributed by atoms with van der Waals surface area (Å²) in [7, 11) is -2.19. The summed E-state index contributed by atoms with van der Waals surface area (Å²) in [5.41, 5.74) is 2.54. The number of anilines is 1. The summed E-state index contributed by atoms with van der Waals surface area (Å²) in [4.78, 5) is 10.7. The van der Waals surface area contributed by atoms with Gasteiger partial charge in [-0.1, -0.05) is 6.08 Å². The molecular formula is C25H29F3N4O2S. The van der Waals surface area contributed by atoms with Gasteiger partial charge in [-0.2, -0.15) is 13.2 Å². The van der Waals surface area contributed by atoms with Crippen molar-refractivity contribution in [2.75, 3.05) is 37.3 Å². The molecule has 2 aromatic heterocycles. The minimum absolute atomic E-state index is 0.0801.